The van der Waals surface area contributed by atoms with Crippen LogP contribution in [0.2, 0.25) is 5.02 Å². The lowest BCUT2D eigenvalue weighted by atomic mass is 10.1. The van der Waals surface area contributed by atoms with Gasteiger partial charge in [-0.2, -0.15) is 0 Å². The molecule has 3 aromatic rings. The van der Waals surface area contributed by atoms with Gasteiger partial charge >= 0.3 is 0 Å². The SMILES string of the molecule is CCNC(=NCCc1nnc2ccccn12)NC(C)c1ccc(Cl)cc1.I. The van der Waals surface area contributed by atoms with Crippen molar-refractivity contribution in [2.24, 2.45) is 4.99 Å². The third-order valence-electron chi connectivity index (χ3n) is 4.06. The zero-order chi connectivity index (χ0) is 18.4. The number of benzene rings is 1. The maximum atomic E-state index is 5.96. The first-order valence-electron chi connectivity index (χ1n) is 8.76. The minimum atomic E-state index is 0. The second-order valence-corrected chi connectivity index (χ2v) is 6.41. The normalized spacial score (nSPS) is 12.5. The van der Waals surface area contributed by atoms with Crippen LogP contribution in [0, 0.1) is 0 Å². The number of rotatable bonds is 6. The highest BCUT2D eigenvalue weighted by Crippen LogP contribution is 2.15. The molecule has 0 bridgehead atoms. The van der Waals surface area contributed by atoms with E-state index in [2.05, 4.69) is 39.7 Å². The molecule has 0 saturated carbocycles. The summed E-state index contributed by atoms with van der Waals surface area (Å²) in [5.74, 6) is 1.69. The number of halogens is 2. The molecule has 2 N–H and O–H groups in total. The molecule has 0 amide bonds. The smallest absolute Gasteiger partial charge is 0.191 e. The molecular formula is C19H24ClIN6. The van der Waals surface area contributed by atoms with Gasteiger partial charge < -0.3 is 10.6 Å². The van der Waals surface area contributed by atoms with Crippen LogP contribution >= 0.6 is 35.6 Å². The lowest BCUT2D eigenvalue weighted by Crippen LogP contribution is -2.38. The van der Waals surface area contributed by atoms with E-state index < -0.39 is 0 Å². The average Bonchev–Trinajstić information content (AvgIpc) is 3.06. The van der Waals surface area contributed by atoms with Gasteiger partial charge in [0.15, 0.2) is 11.6 Å². The number of aromatic nitrogens is 3. The standard InChI is InChI=1S/C19H23ClN6.HI/c1-3-21-19(23-14(2)15-7-9-16(20)10-8-15)22-12-11-18-25-24-17-6-4-5-13-26(17)18;/h4-10,13-14H,3,11-12H2,1-2H3,(H2,21,22,23);1H. The summed E-state index contributed by atoms with van der Waals surface area (Å²) in [5.41, 5.74) is 2.01. The molecule has 0 spiro atoms. The van der Waals surface area contributed by atoms with Crippen molar-refractivity contribution in [2.75, 3.05) is 13.1 Å². The summed E-state index contributed by atoms with van der Waals surface area (Å²) >= 11 is 5.96. The zero-order valence-corrected chi connectivity index (χ0v) is 18.5. The Bertz CT molecular complexity index is 877. The van der Waals surface area contributed by atoms with Gasteiger partial charge in [-0.25, -0.2) is 0 Å². The van der Waals surface area contributed by atoms with Gasteiger partial charge in [0.05, 0.1) is 6.04 Å². The molecule has 0 fully saturated rings. The summed E-state index contributed by atoms with van der Waals surface area (Å²) in [6.07, 6.45) is 2.69. The molecule has 8 heteroatoms. The predicted octanol–water partition coefficient (Wildman–Crippen LogP) is 3.86. The molecule has 0 aliphatic carbocycles. The average molecular weight is 499 g/mol. The zero-order valence-electron chi connectivity index (χ0n) is 15.4. The summed E-state index contributed by atoms with van der Waals surface area (Å²) in [6, 6.07) is 13.8. The molecule has 2 heterocycles. The van der Waals surface area contributed by atoms with Crippen molar-refractivity contribution in [1.29, 1.82) is 0 Å². The number of nitrogens with one attached hydrogen (secondary N) is 2. The Kier molecular flexibility index (Phi) is 8.30. The molecule has 2 aromatic heterocycles. The van der Waals surface area contributed by atoms with Crippen LogP contribution in [0.25, 0.3) is 5.65 Å². The molecule has 144 valence electrons. The van der Waals surface area contributed by atoms with Crippen LogP contribution in [0.5, 0.6) is 0 Å². The van der Waals surface area contributed by atoms with E-state index in [1.165, 1.54) is 0 Å². The van der Waals surface area contributed by atoms with E-state index in [9.17, 15) is 0 Å². The van der Waals surface area contributed by atoms with Crippen molar-refractivity contribution >= 4 is 47.2 Å². The number of hydrogen-bond acceptors (Lipinski definition) is 3. The number of aliphatic imine (C=N–C) groups is 1. The summed E-state index contributed by atoms with van der Waals surface area (Å²) in [6.45, 7) is 5.57. The van der Waals surface area contributed by atoms with Crippen LogP contribution in [-0.2, 0) is 6.42 Å². The van der Waals surface area contributed by atoms with Crippen molar-refractivity contribution in [3.05, 3.63) is 65.1 Å². The highest BCUT2D eigenvalue weighted by Gasteiger charge is 2.08. The Morgan fingerprint density at radius 1 is 1.19 bits per heavy atom. The van der Waals surface area contributed by atoms with Crippen LogP contribution in [0.15, 0.2) is 53.7 Å². The molecule has 0 radical (unpaired) electrons. The third kappa shape index (κ3) is 5.80. The highest BCUT2D eigenvalue weighted by atomic mass is 127. The second-order valence-electron chi connectivity index (χ2n) is 5.97. The maximum absolute atomic E-state index is 5.96. The molecule has 6 nitrogen and oxygen atoms in total. The third-order valence-corrected chi connectivity index (χ3v) is 4.31. The summed E-state index contributed by atoms with van der Waals surface area (Å²) in [5, 5.41) is 15.9. The largest absolute Gasteiger partial charge is 0.357 e. The molecule has 0 aliphatic rings. The monoisotopic (exact) mass is 498 g/mol. The van der Waals surface area contributed by atoms with Crippen LogP contribution in [-0.4, -0.2) is 33.6 Å². The Balaban J connectivity index is 0.00000261. The number of guanidine groups is 1. The first kappa shape index (κ1) is 21.4. The van der Waals surface area contributed by atoms with Crippen molar-refractivity contribution in [3.63, 3.8) is 0 Å². The Morgan fingerprint density at radius 3 is 2.70 bits per heavy atom. The van der Waals surface area contributed by atoms with Gasteiger partial charge in [0.2, 0.25) is 0 Å². The molecular weight excluding hydrogens is 475 g/mol. The van der Waals surface area contributed by atoms with Gasteiger partial charge in [0.1, 0.15) is 5.82 Å². The Hall–Kier alpha value is -1.87. The van der Waals surface area contributed by atoms with Crippen molar-refractivity contribution < 1.29 is 0 Å². The summed E-state index contributed by atoms with van der Waals surface area (Å²) < 4.78 is 1.99. The lowest BCUT2D eigenvalue weighted by Gasteiger charge is -2.18. The van der Waals surface area contributed by atoms with E-state index in [0.717, 1.165) is 41.0 Å². The van der Waals surface area contributed by atoms with E-state index >= 15 is 0 Å². The molecule has 27 heavy (non-hydrogen) atoms. The van der Waals surface area contributed by atoms with E-state index in [4.69, 9.17) is 11.6 Å². The summed E-state index contributed by atoms with van der Waals surface area (Å²) in [7, 11) is 0. The number of pyridine rings is 1. The fourth-order valence-electron chi connectivity index (χ4n) is 2.69. The minimum absolute atomic E-state index is 0. The first-order valence-corrected chi connectivity index (χ1v) is 9.14. The second kappa shape index (κ2) is 10.5. The van der Waals surface area contributed by atoms with Gasteiger partial charge in [-0.05, 0) is 43.7 Å². The fourth-order valence-corrected chi connectivity index (χ4v) is 2.81. The predicted molar refractivity (Wildman–Crippen MR) is 121 cm³/mol. The minimum Gasteiger partial charge on any atom is -0.357 e. The van der Waals surface area contributed by atoms with Crippen LogP contribution in [0.3, 0.4) is 0 Å². The molecule has 1 aromatic carbocycles. The highest BCUT2D eigenvalue weighted by molar-refractivity contribution is 14.0. The van der Waals surface area contributed by atoms with E-state index in [0.29, 0.717) is 6.54 Å². The lowest BCUT2D eigenvalue weighted by molar-refractivity contribution is 0.685. The number of fused-ring (bicyclic) bond motifs is 1. The maximum Gasteiger partial charge on any atom is 0.191 e. The molecule has 1 atom stereocenters. The van der Waals surface area contributed by atoms with E-state index in [-0.39, 0.29) is 30.0 Å². The van der Waals surface area contributed by atoms with Gasteiger partial charge in [0, 0.05) is 30.7 Å². The van der Waals surface area contributed by atoms with Crippen LogP contribution in [0.1, 0.15) is 31.3 Å². The molecule has 0 saturated heterocycles. The Labute approximate surface area is 181 Å². The molecule has 1 unspecified atom stereocenters. The summed E-state index contributed by atoms with van der Waals surface area (Å²) in [4.78, 5) is 4.67. The first-order chi connectivity index (χ1) is 12.7. The van der Waals surface area contributed by atoms with Crippen LogP contribution < -0.4 is 10.6 Å². The quantitative estimate of drug-likeness (QED) is 0.308. The van der Waals surface area contributed by atoms with Crippen molar-refractivity contribution in [2.45, 2.75) is 26.3 Å². The van der Waals surface area contributed by atoms with Gasteiger partial charge in [-0.1, -0.05) is 29.8 Å². The topological polar surface area (TPSA) is 66.6 Å². The van der Waals surface area contributed by atoms with Crippen molar-refractivity contribution in [3.8, 4) is 0 Å². The number of hydrogen-bond donors (Lipinski definition) is 2. The fraction of sp³-hybridized carbons (Fsp3) is 0.316. The van der Waals surface area contributed by atoms with Crippen LogP contribution in [0.4, 0.5) is 0 Å². The van der Waals surface area contributed by atoms with E-state index in [1.54, 1.807) is 0 Å². The van der Waals surface area contributed by atoms with Gasteiger partial charge in [0.25, 0.3) is 0 Å². The molecule has 0 aliphatic heterocycles. The van der Waals surface area contributed by atoms with E-state index in [1.807, 2.05) is 53.1 Å². The Morgan fingerprint density at radius 2 is 1.96 bits per heavy atom. The number of nitrogens with zero attached hydrogens (tertiary/aromatic N) is 4. The van der Waals surface area contributed by atoms with Gasteiger partial charge in [-0.3, -0.25) is 9.39 Å². The molecule has 3 rings (SSSR count). The van der Waals surface area contributed by atoms with Crippen molar-refractivity contribution in [1.82, 2.24) is 25.2 Å². The van der Waals surface area contributed by atoms with Gasteiger partial charge in [-0.15, -0.1) is 34.2 Å².